The predicted molar refractivity (Wildman–Crippen MR) is 67.6 cm³/mol. The Morgan fingerprint density at radius 3 is 2.17 bits per heavy atom. The molecule has 0 spiro atoms. The molecule has 0 radical (unpaired) electrons. The summed E-state index contributed by atoms with van der Waals surface area (Å²) in [6.45, 7) is 4.57. The molecule has 0 saturated carbocycles. The van der Waals surface area contributed by atoms with E-state index in [9.17, 15) is 9.59 Å². The largest absolute Gasteiger partial charge is 1.00 e. The van der Waals surface area contributed by atoms with Crippen LogP contribution in [0.4, 0.5) is 0 Å². The second kappa shape index (κ2) is 10.2. The Labute approximate surface area is 177 Å². The molecule has 2 heterocycles. The molecule has 1 N–H and O–H groups in total. The van der Waals surface area contributed by atoms with Crippen molar-refractivity contribution in [3.63, 3.8) is 0 Å². The van der Waals surface area contributed by atoms with Crippen molar-refractivity contribution in [3.8, 4) is 0 Å². The van der Waals surface area contributed by atoms with Crippen molar-refractivity contribution < 1.29 is 75.2 Å². The van der Waals surface area contributed by atoms with E-state index >= 15 is 0 Å². The number of fused-ring (bicyclic) bond motifs is 1. The standard InChI is InChI=1S/C10H14N4O2.2Na.H2O4Se/c1-6(2)4-14-8-7(11-5-12-8)9(15)13(3)10(14)16;;;1-5(2,3)4/h5-6H,4H2,1-3H3,(H,11,12);;;(H2,1,2,3,4)/q;2*+1;/p-2. The second-order valence-electron chi connectivity index (χ2n) is 4.66. The quantitative estimate of drug-likeness (QED) is 0.482. The van der Waals surface area contributed by atoms with E-state index in [1.165, 1.54) is 17.9 Å². The zero-order chi connectivity index (χ0) is 16.4. The molecule has 2 aromatic rings. The summed E-state index contributed by atoms with van der Waals surface area (Å²) in [5, 5.41) is 0. The summed E-state index contributed by atoms with van der Waals surface area (Å²) in [7, 11) is 1.47. The maximum atomic E-state index is 11.9. The van der Waals surface area contributed by atoms with E-state index in [0.717, 1.165) is 4.57 Å². The van der Waals surface area contributed by atoms with E-state index in [0.29, 0.717) is 23.6 Å². The first-order valence-electron chi connectivity index (χ1n) is 5.82. The van der Waals surface area contributed by atoms with E-state index < -0.39 is 13.4 Å². The van der Waals surface area contributed by atoms with E-state index in [2.05, 4.69) is 9.97 Å². The Morgan fingerprint density at radius 1 is 1.26 bits per heavy atom. The van der Waals surface area contributed by atoms with E-state index in [1.54, 1.807) is 0 Å². The molecule has 10 nitrogen and oxygen atoms in total. The molecule has 2 rings (SSSR count). The number of H-pyrrole nitrogens is 1. The fourth-order valence-corrected chi connectivity index (χ4v) is 1.71. The van der Waals surface area contributed by atoms with Gasteiger partial charge in [-0.15, -0.1) is 0 Å². The predicted octanol–water partition coefficient (Wildman–Crippen LogP) is -8.91. The van der Waals surface area contributed by atoms with Gasteiger partial charge in [-0.1, -0.05) is 13.8 Å². The average molecular weight is 411 g/mol. The van der Waals surface area contributed by atoms with Crippen LogP contribution in [-0.4, -0.2) is 32.5 Å². The molecule has 0 aliphatic rings. The van der Waals surface area contributed by atoms with Crippen molar-refractivity contribution in [2.75, 3.05) is 0 Å². The topological polar surface area (TPSA) is 153 Å². The second-order valence-corrected chi connectivity index (χ2v) is 6.37. The Morgan fingerprint density at radius 2 is 1.74 bits per heavy atom. The molecule has 0 aliphatic heterocycles. The number of imidazole rings is 1. The van der Waals surface area contributed by atoms with Crippen molar-refractivity contribution in [2.45, 2.75) is 20.4 Å². The first kappa shape index (κ1) is 25.4. The fraction of sp³-hybridized carbons (Fsp3) is 0.500. The SMILES string of the molecule is CC(C)Cn1c(=O)n(C)c(=O)c2[nH]cnc21.O=[Se](=O)([O-])[O-].[Na+].[Na+]. The van der Waals surface area contributed by atoms with Gasteiger partial charge in [0.25, 0.3) is 5.56 Å². The molecule has 0 bridgehead atoms. The molecule has 0 saturated heterocycles. The van der Waals surface area contributed by atoms with Crippen molar-refractivity contribution in [1.29, 1.82) is 0 Å². The van der Waals surface area contributed by atoms with Gasteiger partial charge in [-0.05, 0) is 5.92 Å². The van der Waals surface area contributed by atoms with Gasteiger partial charge in [0.2, 0.25) is 0 Å². The summed E-state index contributed by atoms with van der Waals surface area (Å²) >= 11 is -5.75. The van der Waals surface area contributed by atoms with Crippen LogP contribution in [0, 0.1) is 5.92 Å². The monoisotopic (exact) mass is 412 g/mol. The normalized spacial score (nSPS) is 10.5. The summed E-state index contributed by atoms with van der Waals surface area (Å²) in [5.41, 5.74) is 0.153. The number of nitrogens with one attached hydrogen (secondary N) is 1. The van der Waals surface area contributed by atoms with Gasteiger partial charge in [0.15, 0.2) is 5.65 Å². The molecule has 13 heteroatoms. The number of hydrogen-bond donors (Lipinski definition) is 1. The summed E-state index contributed by atoms with van der Waals surface area (Å²) in [4.78, 5) is 30.4. The molecular formula is C10H14N4Na2O6Se. The Kier molecular flexibility index (Phi) is 11.3. The smallest absolute Gasteiger partial charge is 1.00 e. The van der Waals surface area contributed by atoms with Crippen LogP contribution in [0.3, 0.4) is 0 Å². The van der Waals surface area contributed by atoms with Gasteiger partial charge < -0.3 is 4.98 Å². The fourth-order valence-electron chi connectivity index (χ4n) is 1.71. The number of hydrogen-bond acceptors (Lipinski definition) is 7. The van der Waals surface area contributed by atoms with Crippen LogP contribution in [0.2, 0.25) is 0 Å². The van der Waals surface area contributed by atoms with Crippen LogP contribution in [0.5, 0.6) is 0 Å². The third kappa shape index (κ3) is 7.74. The number of aromatic nitrogens is 4. The number of rotatable bonds is 2. The third-order valence-electron chi connectivity index (χ3n) is 2.46. The van der Waals surface area contributed by atoms with Gasteiger partial charge in [-0.2, -0.15) is 0 Å². The third-order valence-corrected chi connectivity index (χ3v) is 2.46. The zero-order valence-corrected chi connectivity index (χ0v) is 19.3. The van der Waals surface area contributed by atoms with Crippen molar-refractivity contribution in [2.24, 2.45) is 13.0 Å². The summed E-state index contributed by atoms with van der Waals surface area (Å²) in [6.07, 6.45) is 1.43. The molecule has 0 atom stereocenters. The minimum absolute atomic E-state index is 0. The van der Waals surface area contributed by atoms with Gasteiger partial charge in [0, 0.05) is 13.6 Å². The van der Waals surface area contributed by atoms with Crippen LogP contribution < -0.4 is 78.7 Å². The van der Waals surface area contributed by atoms with Gasteiger partial charge in [-0.25, -0.2) is 9.78 Å². The number of nitrogens with zero attached hydrogens (tertiary/aromatic N) is 3. The van der Waals surface area contributed by atoms with Gasteiger partial charge in [0.1, 0.15) is 5.52 Å². The summed E-state index contributed by atoms with van der Waals surface area (Å²) in [6, 6.07) is 0. The maximum Gasteiger partial charge on any atom is 1.00 e. The van der Waals surface area contributed by atoms with E-state index in [1.807, 2.05) is 13.8 Å². The van der Waals surface area contributed by atoms with Crippen molar-refractivity contribution in [1.82, 2.24) is 19.1 Å². The summed E-state index contributed by atoms with van der Waals surface area (Å²) < 4.78 is 37.0. The molecule has 0 unspecified atom stereocenters. The molecule has 0 aromatic carbocycles. The molecule has 118 valence electrons. The van der Waals surface area contributed by atoms with Gasteiger partial charge in [0.05, 0.1) is 6.33 Å². The molecule has 0 aliphatic carbocycles. The van der Waals surface area contributed by atoms with E-state index in [4.69, 9.17) is 16.0 Å². The van der Waals surface area contributed by atoms with Crippen LogP contribution in [0.1, 0.15) is 13.8 Å². The molecule has 0 fully saturated rings. The van der Waals surface area contributed by atoms with E-state index in [-0.39, 0.29) is 70.4 Å². The first-order valence-corrected chi connectivity index (χ1v) is 8.61. The minimum Gasteiger partial charge on any atom is 1.00 e. The maximum absolute atomic E-state index is 11.9. The Bertz CT molecular complexity index is 846. The summed E-state index contributed by atoms with van der Waals surface area (Å²) in [5.74, 6) is 0.315. The molecule has 0 amide bonds. The van der Waals surface area contributed by atoms with Gasteiger partial charge >= 0.3 is 94.2 Å². The van der Waals surface area contributed by atoms with Crippen LogP contribution in [0.25, 0.3) is 11.2 Å². The minimum atomic E-state index is -5.75. The number of aromatic amines is 1. The van der Waals surface area contributed by atoms with Crippen LogP contribution >= 0.6 is 0 Å². The van der Waals surface area contributed by atoms with Crippen LogP contribution in [0.15, 0.2) is 15.9 Å². The molecule has 2 aromatic heterocycles. The first-order chi connectivity index (χ1) is 9.52. The average Bonchev–Trinajstić information content (AvgIpc) is 2.78. The molecular weight excluding hydrogens is 397 g/mol. The van der Waals surface area contributed by atoms with Gasteiger partial charge in [-0.3, -0.25) is 13.9 Å². The van der Waals surface area contributed by atoms with Crippen molar-refractivity contribution in [3.05, 3.63) is 27.2 Å². The van der Waals surface area contributed by atoms with Crippen LogP contribution in [-0.2, 0) is 21.3 Å². The molecule has 23 heavy (non-hydrogen) atoms. The Balaban J connectivity index is 0. The van der Waals surface area contributed by atoms with Crippen molar-refractivity contribution >= 4 is 24.5 Å². The Hall–Kier alpha value is 0.189. The zero-order valence-electron chi connectivity index (χ0n) is 13.6.